The van der Waals surface area contributed by atoms with Crippen molar-refractivity contribution in [1.29, 1.82) is 0 Å². The molecule has 0 amide bonds. The summed E-state index contributed by atoms with van der Waals surface area (Å²) in [5, 5.41) is 8.48. The summed E-state index contributed by atoms with van der Waals surface area (Å²) in [4.78, 5) is 10.9. The Morgan fingerprint density at radius 2 is 2.21 bits per heavy atom. The van der Waals surface area contributed by atoms with Crippen molar-refractivity contribution >= 4 is 16.8 Å². The second-order valence-corrected chi connectivity index (χ2v) is 3.24. The first-order chi connectivity index (χ1) is 6.60. The third-order valence-electron chi connectivity index (χ3n) is 2.08. The lowest BCUT2D eigenvalue weighted by Crippen LogP contribution is -1.99. The van der Waals surface area contributed by atoms with Crippen LogP contribution >= 0.6 is 11.6 Å². The van der Waals surface area contributed by atoms with Crippen LogP contribution in [0.2, 0.25) is 0 Å². The van der Waals surface area contributed by atoms with E-state index in [0.29, 0.717) is 16.9 Å². The Hall–Kier alpha value is -1.06. The van der Waals surface area contributed by atoms with Crippen LogP contribution in [0.1, 0.15) is 21.5 Å². The number of carbonyl (C=O) groups is 1. The first-order valence-corrected chi connectivity index (χ1v) is 4.46. The molecule has 76 valence electrons. The maximum absolute atomic E-state index is 10.9. The Morgan fingerprint density at radius 1 is 1.57 bits per heavy atom. The molecule has 0 aliphatic heterocycles. The number of aliphatic hydroxyl groups is 1. The molecule has 14 heavy (non-hydrogen) atoms. The van der Waals surface area contributed by atoms with Gasteiger partial charge in [-0.05, 0) is 41.8 Å². The van der Waals surface area contributed by atoms with Gasteiger partial charge in [-0.25, -0.2) is 0 Å². The molecule has 4 heteroatoms. The van der Waals surface area contributed by atoms with Gasteiger partial charge in [0.2, 0.25) is 0 Å². The number of aliphatic hydroxyl groups excluding tert-OH is 1. The van der Waals surface area contributed by atoms with Gasteiger partial charge < -0.3 is 9.84 Å². The van der Waals surface area contributed by atoms with Crippen LogP contribution in [0.25, 0.3) is 0 Å². The highest BCUT2D eigenvalue weighted by molar-refractivity contribution is 6.67. The van der Waals surface area contributed by atoms with Crippen molar-refractivity contribution in [2.45, 2.75) is 13.5 Å². The monoisotopic (exact) mass is 214 g/mol. The highest BCUT2D eigenvalue weighted by Gasteiger charge is 2.10. The third-order valence-corrected chi connectivity index (χ3v) is 2.30. The average molecular weight is 215 g/mol. The minimum Gasteiger partial charge on any atom is -0.496 e. The van der Waals surface area contributed by atoms with Crippen molar-refractivity contribution in [3.8, 4) is 5.75 Å². The van der Waals surface area contributed by atoms with E-state index in [1.165, 1.54) is 7.11 Å². The number of halogens is 1. The maximum atomic E-state index is 10.9. The largest absolute Gasteiger partial charge is 0.496 e. The second kappa shape index (κ2) is 4.44. The van der Waals surface area contributed by atoms with Crippen LogP contribution in [0.15, 0.2) is 12.1 Å². The third kappa shape index (κ3) is 2.05. The van der Waals surface area contributed by atoms with Crippen LogP contribution in [0.3, 0.4) is 0 Å². The highest BCUT2D eigenvalue weighted by Crippen LogP contribution is 2.24. The molecule has 1 aromatic rings. The van der Waals surface area contributed by atoms with Gasteiger partial charge in [0, 0.05) is 5.56 Å². The van der Waals surface area contributed by atoms with Crippen LogP contribution in [-0.2, 0) is 6.61 Å². The van der Waals surface area contributed by atoms with Gasteiger partial charge in [0.1, 0.15) is 5.75 Å². The fourth-order valence-corrected chi connectivity index (χ4v) is 1.34. The van der Waals surface area contributed by atoms with Crippen molar-refractivity contribution in [2.75, 3.05) is 7.11 Å². The minimum absolute atomic E-state index is 0.139. The molecular formula is C10H11ClO3. The molecule has 1 aromatic carbocycles. The normalized spacial score (nSPS) is 10.0. The lowest BCUT2D eigenvalue weighted by Gasteiger charge is -2.10. The van der Waals surface area contributed by atoms with Crippen molar-refractivity contribution in [3.63, 3.8) is 0 Å². The van der Waals surface area contributed by atoms with Crippen molar-refractivity contribution < 1.29 is 14.6 Å². The summed E-state index contributed by atoms with van der Waals surface area (Å²) >= 11 is 5.34. The number of ether oxygens (including phenoxy) is 1. The number of hydrogen-bond acceptors (Lipinski definition) is 3. The Bertz CT molecular complexity index is 335. The topological polar surface area (TPSA) is 46.5 Å². The molecule has 0 unspecified atom stereocenters. The molecule has 0 heterocycles. The van der Waals surface area contributed by atoms with E-state index in [1.54, 1.807) is 12.1 Å². The molecule has 0 atom stereocenters. The molecule has 1 rings (SSSR count). The van der Waals surface area contributed by atoms with Gasteiger partial charge in [-0.1, -0.05) is 0 Å². The van der Waals surface area contributed by atoms with E-state index in [-0.39, 0.29) is 6.61 Å². The number of hydrogen-bond donors (Lipinski definition) is 1. The molecule has 0 fully saturated rings. The lowest BCUT2D eigenvalue weighted by molar-refractivity contribution is 0.108. The quantitative estimate of drug-likeness (QED) is 0.782. The molecule has 0 spiro atoms. The molecule has 0 aliphatic rings. The Balaban J connectivity index is 3.32. The van der Waals surface area contributed by atoms with Crippen LogP contribution < -0.4 is 4.74 Å². The summed E-state index contributed by atoms with van der Waals surface area (Å²) in [5.74, 6) is 0.556. The number of carbonyl (C=O) groups excluding carboxylic acids is 1. The molecule has 0 radical (unpaired) electrons. The summed E-state index contributed by atoms with van der Waals surface area (Å²) in [6, 6.07) is 3.12. The summed E-state index contributed by atoms with van der Waals surface area (Å²) in [6.07, 6.45) is 0. The predicted molar refractivity (Wildman–Crippen MR) is 53.8 cm³/mol. The van der Waals surface area contributed by atoms with Crippen molar-refractivity contribution in [2.24, 2.45) is 0 Å². The van der Waals surface area contributed by atoms with E-state index in [4.69, 9.17) is 21.4 Å². The predicted octanol–water partition coefficient (Wildman–Crippen LogP) is 1.87. The van der Waals surface area contributed by atoms with Crippen LogP contribution in [0.5, 0.6) is 5.75 Å². The SMILES string of the molecule is COc1cc(C(=O)Cl)cc(CO)c1C. The molecule has 0 aromatic heterocycles. The van der Waals surface area contributed by atoms with E-state index in [9.17, 15) is 4.79 Å². The Labute approximate surface area is 87.3 Å². The van der Waals surface area contributed by atoms with Gasteiger partial charge in [0.05, 0.1) is 13.7 Å². The van der Waals surface area contributed by atoms with Gasteiger partial charge >= 0.3 is 0 Å². The smallest absolute Gasteiger partial charge is 0.252 e. The lowest BCUT2D eigenvalue weighted by atomic mass is 10.0. The molecular weight excluding hydrogens is 204 g/mol. The molecule has 0 bridgehead atoms. The zero-order valence-electron chi connectivity index (χ0n) is 8.00. The number of rotatable bonds is 3. The Morgan fingerprint density at radius 3 is 2.64 bits per heavy atom. The zero-order valence-corrected chi connectivity index (χ0v) is 8.76. The van der Waals surface area contributed by atoms with E-state index in [2.05, 4.69) is 0 Å². The van der Waals surface area contributed by atoms with Crippen LogP contribution in [0, 0.1) is 6.92 Å². The molecule has 0 saturated heterocycles. The molecule has 3 nitrogen and oxygen atoms in total. The first kappa shape index (κ1) is 11.0. The molecule has 1 N–H and O–H groups in total. The number of benzene rings is 1. The summed E-state index contributed by atoms with van der Waals surface area (Å²) < 4.78 is 5.06. The van der Waals surface area contributed by atoms with Crippen LogP contribution in [-0.4, -0.2) is 17.5 Å². The van der Waals surface area contributed by atoms with Gasteiger partial charge in [0.15, 0.2) is 0 Å². The standard InChI is InChI=1S/C10H11ClO3/c1-6-8(5-12)3-7(10(11)13)4-9(6)14-2/h3-4,12H,5H2,1-2H3. The highest BCUT2D eigenvalue weighted by atomic mass is 35.5. The van der Waals surface area contributed by atoms with E-state index >= 15 is 0 Å². The van der Waals surface area contributed by atoms with Gasteiger partial charge in [-0.2, -0.15) is 0 Å². The summed E-state index contributed by atoms with van der Waals surface area (Å²) in [7, 11) is 1.51. The fourth-order valence-electron chi connectivity index (χ4n) is 1.24. The maximum Gasteiger partial charge on any atom is 0.252 e. The van der Waals surface area contributed by atoms with E-state index < -0.39 is 5.24 Å². The summed E-state index contributed by atoms with van der Waals surface area (Å²) in [5.41, 5.74) is 1.79. The average Bonchev–Trinajstić information content (AvgIpc) is 2.17. The first-order valence-electron chi connectivity index (χ1n) is 4.08. The Kier molecular flexibility index (Phi) is 3.49. The fraction of sp³-hybridized carbons (Fsp3) is 0.300. The van der Waals surface area contributed by atoms with Gasteiger partial charge in [0.25, 0.3) is 5.24 Å². The number of methoxy groups -OCH3 is 1. The second-order valence-electron chi connectivity index (χ2n) is 2.89. The van der Waals surface area contributed by atoms with Gasteiger partial charge in [-0.3, -0.25) is 4.79 Å². The summed E-state index contributed by atoms with van der Waals surface area (Å²) in [6.45, 7) is 1.67. The van der Waals surface area contributed by atoms with Crippen molar-refractivity contribution in [1.82, 2.24) is 0 Å². The van der Waals surface area contributed by atoms with Crippen LogP contribution in [0.4, 0.5) is 0 Å². The van der Waals surface area contributed by atoms with Gasteiger partial charge in [-0.15, -0.1) is 0 Å². The molecule has 0 saturated carbocycles. The molecule has 0 aliphatic carbocycles. The zero-order chi connectivity index (χ0) is 10.7. The van der Waals surface area contributed by atoms with Crippen molar-refractivity contribution in [3.05, 3.63) is 28.8 Å². The van der Waals surface area contributed by atoms with E-state index in [1.807, 2.05) is 6.92 Å². The minimum atomic E-state index is -0.557. The van der Waals surface area contributed by atoms with E-state index in [0.717, 1.165) is 5.56 Å².